The standard InChI is InChI=1S/C16H24ClNS/c17-16-11-13-14(7-4-8-15(13)19-16)18-10-9-12-5-2-1-3-6-12/h11-12,14,18H,1-10H2. The zero-order valence-corrected chi connectivity index (χ0v) is 13.2. The highest BCUT2D eigenvalue weighted by Gasteiger charge is 2.22. The monoisotopic (exact) mass is 297 g/mol. The maximum Gasteiger partial charge on any atom is 0.0934 e. The van der Waals surface area contributed by atoms with Crippen LogP contribution < -0.4 is 5.32 Å². The van der Waals surface area contributed by atoms with E-state index in [0.29, 0.717) is 6.04 Å². The maximum absolute atomic E-state index is 6.16. The van der Waals surface area contributed by atoms with Crippen molar-refractivity contribution in [2.24, 2.45) is 5.92 Å². The van der Waals surface area contributed by atoms with E-state index < -0.39 is 0 Å². The summed E-state index contributed by atoms with van der Waals surface area (Å²) in [6, 6.07) is 2.76. The van der Waals surface area contributed by atoms with Crippen molar-refractivity contribution in [1.29, 1.82) is 0 Å². The Bertz CT molecular complexity index is 409. The van der Waals surface area contributed by atoms with Crippen LogP contribution in [-0.2, 0) is 6.42 Å². The molecule has 0 bridgehead atoms. The van der Waals surface area contributed by atoms with Crippen molar-refractivity contribution >= 4 is 22.9 Å². The number of rotatable bonds is 4. The van der Waals surface area contributed by atoms with Crippen LogP contribution in [0.4, 0.5) is 0 Å². The van der Waals surface area contributed by atoms with Crippen LogP contribution in [0.25, 0.3) is 0 Å². The first-order valence-corrected chi connectivity index (χ1v) is 9.04. The third-order valence-electron chi connectivity index (χ3n) is 4.75. The quantitative estimate of drug-likeness (QED) is 0.791. The summed E-state index contributed by atoms with van der Waals surface area (Å²) in [7, 11) is 0. The molecule has 1 aromatic rings. The molecular formula is C16H24ClNS. The van der Waals surface area contributed by atoms with Crippen molar-refractivity contribution in [3.8, 4) is 0 Å². The summed E-state index contributed by atoms with van der Waals surface area (Å²) in [5.41, 5.74) is 1.49. The fourth-order valence-corrected chi connectivity index (χ4v) is 5.05. The Hall–Kier alpha value is -0.0500. The van der Waals surface area contributed by atoms with E-state index in [1.807, 2.05) is 0 Å². The Kier molecular flexibility index (Phi) is 4.83. The molecular weight excluding hydrogens is 274 g/mol. The van der Waals surface area contributed by atoms with Gasteiger partial charge in [-0.1, -0.05) is 43.7 Å². The molecule has 0 aliphatic heterocycles. The second kappa shape index (κ2) is 6.60. The fourth-order valence-electron chi connectivity index (χ4n) is 3.67. The van der Waals surface area contributed by atoms with Crippen LogP contribution in [0.2, 0.25) is 4.34 Å². The molecule has 2 aliphatic rings. The van der Waals surface area contributed by atoms with E-state index >= 15 is 0 Å². The van der Waals surface area contributed by atoms with Gasteiger partial charge in [0.05, 0.1) is 4.34 Å². The zero-order valence-electron chi connectivity index (χ0n) is 11.6. The van der Waals surface area contributed by atoms with Crippen LogP contribution in [0.5, 0.6) is 0 Å². The first kappa shape index (κ1) is 13.9. The topological polar surface area (TPSA) is 12.0 Å². The molecule has 2 aliphatic carbocycles. The zero-order chi connectivity index (χ0) is 13.1. The molecule has 1 nitrogen and oxygen atoms in total. The molecule has 1 atom stereocenters. The van der Waals surface area contributed by atoms with Gasteiger partial charge in [-0.05, 0) is 49.8 Å². The number of hydrogen-bond donors (Lipinski definition) is 1. The minimum atomic E-state index is 0.566. The highest BCUT2D eigenvalue weighted by molar-refractivity contribution is 7.16. The smallest absolute Gasteiger partial charge is 0.0934 e. The number of aryl methyl sites for hydroxylation is 1. The summed E-state index contributed by atoms with van der Waals surface area (Å²) < 4.78 is 0.964. The van der Waals surface area contributed by atoms with E-state index in [1.165, 1.54) is 74.8 Å². The summed E-state index contributed by atoms with van der Waals surface area (Å²) in [4.78, 5) is 1.52. The molecule has 1 unspecified atom stereocenters. The van der Waals surface area contributed by atoms with E-state index in [9.17, 15) is 0 Å². The largest absolute Gasteiger partial charge is 0.310 e. The van der Waals surface area contributed by atoms with E-state index in [0.717, 1.165) is 10.3 Å². The Morgan fingerprint density at radius 1 is 1.16 bits per heavy atom. The van der Waals surface area contributed by atoms with E-state index in [4.69, 9.17) is 11.6 Å². The van der Waals surface area contributed by atoms with Crippen molar-refractivity contribution in [1.82, 2.24) is 5.32 Å². The third-order valence-corrected chi connectivity index (χ3v) is 6.09. The molecule has 19 heavy (non-hydrogen) atoms. The first-order chi connectivity index (χ1) is 9.33. The lowest BCUT2D eigenvalue weighted by Crippen LogP contribution is -2.26. The van der Waals surface area contributed by atoms with Crippen LogP contribution in [0.15, 0.2) is 6.07 Å². The number of fused-ring (bicyclic) bond motifs is 1. The summed E-state index contributed by atoms with van der Waals surface area (Å²) in [6.07, 6.45) is 12.5. The minimum Gasteiger partial charge on any atom is -0.310 e. The fraction of sp³-hybridized carbons (Fsp3) is 0.750. The van der Waals surface area contributed by atoms with Gasteiger partial charge in [-0.3, -0.25) is 0 Å². The summed E-state index contributed by atoms with van der Waals surface area (Å²) in [5.74, 6) is 0.982. The Morgan fingerprint density at radius 3 is 2.84 bits per heavy atom. The number of nitrogens with one attached hydrogen (secondary N) is 1. The SMILES string of the molecule is Clc1cc2c(s1)CCCC2NCCC1CCCCC1. The Balaban J connectivity index is 1.50. The molecule has 0 spiro atoms. The molecule has 3 rings (SSSR count). The van der Waals surface area contributed by atoms with Crippen molar-refractivity contribution in [2.75, 3.05) is 6.54 Å². The van der Waals surface area contributed by atoms with Gasteiger partial charge in [-0.2, -0.15) is 0 Å². The van der Waals surface area contributed by atoms with Crippen molar-refractivity contribution in [3.63, 3.8) is 0 Å². The second-order valence-electron chi connectivity index (χ2n) is 6.12. The molecule has 1 aromatic heterocycles. The minimum absolute atomic E-state index is 0.566. The predicted octanol–water partition coefficient (Wildman–Crippen LogP) is 5.34. The number of hydrogen-bond acceptors (Lipinski definition) is 2. The second-order valence-corrected chi connectivity index (χ2v) is 7.89. The van der Waals surface area contributed by atoms with E-state index in [-0.39, 0.29) is 0 Å². The molecule has 0 aromatic carbocycles. The lowest BCUT2D eigenvalue weighted by atomic mass is 9.87. The molecule has 1 heterocycles. The van der Waals surface area contributed by atoms with Crippen LogP contribution in [-0.4, -0.2) is 6.54 Å². The molecule has 3 heteroatoms. The lowest BCUT2D eigenvalue weighted by Gasteiger charge is -2.26. The van der Waals surface area contributed by atoms with Gasteiger partial charge in [0, 0.05) is 10.9 Å². The van der Waals surface area contributed by atoms with E-state index in [2.05, 4.69) is 11.4 Å². The van der Waals surface area contributed by atoms with Crippen LogP contribution >= 0.6 is 22.9 Å². The van der Waals surface area contributed by atoms with Crippen LogP contribution in [0.1, 0.15) is 67.8 Å². The predicted molar refractivity (Wildman–Crippen MR) is 84.2 cm³/mol. The first-order valence-electron chi connectivity index (χ1n) is 7.84. The summed E-state index contributed by atoms with van der Waals surface area (Å²) >= 11 is 7.94. The average molecular weight is 298 g/mol. The van der Waals surface area contributed by atoms with Gasteiger partial charge in [0.15, 0.2) is 0 Å². The summed E-state index contributed by atoms with van der Waals surface area (Å²) in [5, 5.41) is 3.79. The maximum atomic E-state index is 6.16. The van der Waals surface area contributed by atoms with Gasteiger partial charge >= 0.3 is 0 Å². The molecule has 1 saturated carbocycles. The van der Waals surface area contributed by atoms with Crippen molar-refractivity contribution in [3.05, 3.63) is 20.8 Å². The van der Waals surface area contributed by atoms with Gasteiger partial charge in [-0.25, -0.2) is 0 Å². The van der Waals surface area contributed by atoms with Crippen LogP contribution in [0, 0.1) is 5.92 Å². The number of thiophene rings is 1. The van der Waals surface area contributed by atoms with Gasteiger partial charge < -0.3 is 5.32 Å². The molecule has 1 fully saturated rings. The molecule has 0 radical (unpaired) electrons. The average Bonchev–Trinajstić information content (AvgIpc) is 2.81. The van der Waals surface area contributed by atoms with Crippen molar-refractivity contribution < 1.29 is 0 Å². The Labute approximate surface area is 125 Å². The molecule has 0 amide bonds. The molecule has 0 saturated heterocycles. The van der Waals surface area contributed by atoms with Gasteiger partial charge in [0.2, 0.25) is 0 Å². The normalized spacial score (nSPS) is 24.4. The third kappa shape index (κ3) is 3.53. The summed E-state index contributed by atoms with van der Waals surface area (Å²) in [6.45, 7) is 1.18. The lowest BCUT2D eigenvalue weighted by molar-refractivity contribution is 0.324. The highest BCUT2D eigenvalue weighted by Crippen LogP contribution is 2.37. The molecule has 1 N–H and O–H groups in total. The molecule has 106 valence electrons. The van der Waals surface area contributed by atoms with Gasteiger partial charge in [0.25, 0.3) is 0 Å². The van der Waals surface area contributed by atoms with Crippen LogP contribution in [0.3, 0.4) is 0 Å². The van der Waals surface area contributed by atoms with Gasteiger partial charge in [0.1, 0.15) is 0 Å². The van der Waals surface area contributed by atoms with E-state index in [1.54, 1.807) is 11.3 Å². The van der Waals surface area contributed by atoms with Gasteiger partial charge in [-0.15, -0.1) is 11.3 Å². The Morgan fingerprint density at radius 2 is 2.00 bits per heavy atom. The van der Waals surface area contributed by atoms with Crippen molar-refractivity contribution in [2.45, 2.75) is 63.8 Å². The highest BCUT2D eigenvalue weighted by atomic mass is 35.5. The number of halogens is 1.